The smallest absolute Gasteiger partial charge is 0.321 e. The molecule has 0 bridgehead atoms. The number of carbonyl (C=O) groups excluding carboxylic acids is 2. The highest BCUT2D eigenvalue weighted by Crippen LogP contribution is 2.17. The van der Waals surface area contributed by atoms with Gasteiger partial charge in [0, 0.05) is 25.8 Å². The van der Waals surface area contributed by atoms with Crippen LogP contribution in [0, 0.1) is 0 Å². The average Bonchev–Trinajstić information content (AvgIpc) is 3.03. The fraction of sp³-hybridized carbons (Fsp3) is 0.467. The van der Waals surface area contributed by atoms with Gasteiger partial charge >= 0.3 is 6.03 Å². The van der Waals surface area contributed by atoms with Crippen LogP contribution in [-0.2, 0) is 4.79 Å². The van der Waals surface area contributed by atoms with E-state index in [9.17, 15) is 9.59 Å². The third-order valence-corrected chi connectivity index (χ3v) is 3.38. The molecule has 2 N–H and O–H groups in total. The molecule has 3 amide bonds. The van der Waals surface area contributed by atoms with Crippen molar-refractivity contribution in [3.05, 3.63) is 24.3 Å². The highest BCUT2D eigenvalue weighted by Gasteiger charge is 2.17. The van der Waals surface area contributed by atoms with Crippen LogP contribution in [0.1, 0.15) is 19.3 Å². The quantitative estimate of drug-likeness (QED) is 0.869. The van der Waals surface area contributed by atoms with E-state index in [4.69, 9.17) is 4.74 Å². The summed E-state index contributed by atoms with van der Waals surface area (Å²) in [5.74, 6) is 0.627. The maximum atomic E-state index is 11.9. The maximum absolute atomic E-state index is 11.9. The van der Waals surface area contributed by atoms with Crippen LogP contribution in [-0.4, -0.2) is 43.6 Å². The first-order valence-electron chi connectivity index (χ1n) is 7.18. The summed E-state index contributed by atoms with van der Waals surface area (Å²) >= 11 is 0. The first kappa shape index (κ1) is 15.2. The number of ether oxygens (including phenoxy) is 1. The second-order valence-corrected chi connectivity index (χ2v) is 4.92. The Morgan fingerprint density at radius 1 is 1.19 bits per heavy atom. The number of urea groups is 1. The predicted octanol–water partition coefficient (Wildman–Crippen LogP) is 1.83. The minimum absolute atomic E-state index is 0.0514. The van der Waals surface area contributed by atoms with Crippen molar-refractivity contribution in [2.45, 2.75) is 19.3 Å². The molecular formula is C15H21N3O3. The molecular weight excluding hydrogens is 270 g/mol. The number of nitrogens with zero attached hydrogens (tertiary/aromatic N) is 1. The Labute approximate surface area is 124 Å². The van der Waals surface area contributed by atoms with Crippen molar-refractivity contribution >= 4 is 17.6 Å². The first-order valence-corrected chi connectivity index (χ1v) is 7.18. The van der Waals surface area contributed by atoms with E-state index in [0.717, 1.165) is 31.6 Å². The Morgan fingerprint density at radius 2 is 1.86 bits per heavy atom. The molecule has 1 aliphatic rings. The van der Waals surface area contributed by atoms with Crippen molar-refractivity contribution < 1.29 is 14.3 Å². The Balaban J connectivity index is 1.78. The lowest BCUT2D eigenvalue weighted by Crippen LogP contribution is -2.32. The molecule has 0 spiro atoms. The first-order chi connectivity index (χ1) is 10.2. The second kappa shape index (κ2) is 7.52. The monoisotopic (exact) mass is 291 g/mol. The van der Waals surface area contributed by atoms with Crippen molar-refractivity contribution in [3.63, 3.8) is 0 Å². The molecule has 6 heteroatoms. The summed E-state index contributed by atoms with van der Waals surface area (Å²) in [5.41, 5.74) is 0.741. The summed E-state index contributed by atoms with van der Waals surface area (Å²) in [5, 5.41) is 5.40. The summed E-state index contributed by atoms with van der Waals surface area (Å²) in [4.78, 5) is 24.8. The molecule has 1 aromatic carbocycles. The van der Waals surface area contributed by atoms with Crippen molar-refractivity contribution in [1.29, 1.82) is 0 Å². The number of amides is 3. The van der Waals surface area contributed by atoms with Crippen LogP contribution in [0.25, 0.3) is 0 Å². The number of anilines is 1. The van der Waals surface area contributed by atoms with E-state index in [1.165, 1.54) is 0 Å². The minimum Gasteiger partial charge on any atom is -0.493 e. The van der Waals surface area contributed by atoms with Gasteiger partial charge in [0.25, 0.3) is 0 Å². The van der Waals surface area contributed by atoms with Gasteiger partial charge in [0.2, 0.25) is 5.91 Å². The molecule has 0 saturated carbocycles. The third-order valence-electron chi connectivity index (χ3n) is 3.38. The Kier molecular flexibility index (Phi) is 5.43. The van der Waals surface area contributed by atoms with E-state index in [0.29, 0.717) is 18.8 Å². The highest BCUT2D eigenvalue weighted by atomic mass is 16.5. The topological polar surface area (TPSA) is 70.7 Å². The predicted molar refractivity (Wildman–Crippen MR) is 80.4 cm³/mol. The Morgan fingerprint density at radius 3 is 2.48 bits per heavy atom. The van der Waals surface area contributed by atoms with E-state index in [1.54, 1.807) is 31.3 Å². The van der Waals surface area contributed by atoms with Crippen molar-refractivity contribution in [2.24, 2.45) is 0 Å². The molecule has 0 aromatic heterocycles. The summed E-state index contributed by atoms with van der Waals surface area (Å²) in [6.45, 7) is 1.98. The van der Waals surface area contributed by atoms with Gasteiger partial charge in [-0.25, -0.2) is 4.79 Å². The molecule has 0 unspecified atom stereocenters. The minimum atomic E-state index is -0.0548. The van der Waals surface area contributed by atoms with Crippen LogP contribution < -0.4 is 15.4 Å². The second-order valence-electron chi connectivity index (χ2n) is 4.92. The van der Waals surface area contributed by atoms with Gasteiger partial charge in [0.05, 0.1) is 13.0 Å². The molecule has 1 saturated heterocycles. The number of benzene rings is 1. The number of hydrogen-bond acceptors (Lipinski definition) is 3. The van der Waals surface area contributed by atoms with Crippen LogP contribution >= 0.6 is 0 Å². The maximum Gasteiger partial charge on any atom is 0.321 e. The molecule has 1 heterocycles. The highest BCUT2D eigenvalue weighted by molar-refractivity contribution is 5.89. The lowest BCUT2D eigenvalue weighted by atomic mass is 10.3. The number of hydrogen-bond donors (Lipinski definition) is 2. The van der Waals surface area contributed by atoms with E-state index < -0.39 is 0 Å². The molecule has 1 fully saturated rings. The van der Waals surface area contributed by atoms with Crippen LogP contribution in [0.15, 0.2) is 24.3 Å². The summed E-state index contributed by atoms with van der Waals surface area (Å²) in [6.07, 6.45) is 2.47. The van der Waals surface area contributed by atoms with E-state index in [2.05, 4.69) is 10.6 Å². The number of nitrogens with one attached hydrogen (secondary N) is 2. The fourth-order valence-corrected chi connectivity index (χ4v) is 2.14. The molecule has 6 nitrogen and oxygen atoms in total. The molecule has 1 aliphatic heterocycles. The van der Waals surface area contributed by atoms with E-state index in [-0.39, 0.29) is 11.9 Å². The molecule has 2 rings (SSSR count). The summed E-state index contributed by atoms with van der Waals surface area (Å²) in [6, 6.07) is 7.10. The van der Waals surface area contributed by atoms with E-state index in [1.807, 2.05) is 4.90 Å². The average molecular weight is 291 g/mol. The van der Waals surface area contributed by atoms with Gasteiger partial charge in [0.1, 0.15) is 5.75 Å². The van der Waals surface area contributed by atoms with Crippen LogP contribution in [0.5, 0.6) is 5.75 Å². The molecule has 114 valence electrons. The number of likely N-dealkylation sites (tertiary alicyclic amines) is 1. The van der Waals surface area contributed by atoms with Gasteiger partial charge < -0.3 is 20.3 Å². The van der Waals surface area contributed by atoms with Crippen molar-refractivity contribution in [2.75, 3.05) is 32.1 Å². The lowest BCUT2D eigenvalue weighted by molar-refractivity contribution is -0.121. The molecule has 0 atom stereocenters. The fourth-order valence-electron chi connectivity index (χ4n) is 2.14. The zero-order chi connectivity index (χ0) is 15.1. The van der Waals surface area contributed by atoms with Crippen LogP contribution in [0.2, 0.25) is 0 Å². The number of carbonyl (C=O) groups is 2. The zero-order valence-corrected chi connectivity index (χ0v) is 12.2. The molecule has 21 heavy (non-hydrogen) atoms. The molecule has 0 aliphatic carbocycles. The number of rotatable bonds is 5. The molecule has 0 radical (unpaired) electrons. The Hall–Kier alpha value is -2.24. The van der Waals surface area contributed by atoms with Crippen molar-refractivity contribution in [3.8, 4) is 5.75 Å². The largest absolute Gasteiger partial charge is 0.493 e. The van der Waals surface area contributed by atoms with Gasteiger partial charge in [-0.05, 0) is 37.1 Å². The third kappa shape index (κ3) is 4.66. The van der Waals surface area contributed by atoms with Gasteiger partial charge in [-0.3, -0.25) is 4.79 Å². The molecule has 1 aromatic rings. The Bertz CT molecular complexity index is 481. The summed E-state index contributed by atoms with van der Waals surface area (Å²) in [7, 11) is 1.60. The van der Waals surface area contributed by atoms with Crippen molar-refractivity contribution in [1.82, 2.24) is 10.2 Å². The van der Waals surface area contributed by atoms with Crippen LogP contribution in [0.4, 0.5) is 10.5 Å². The lowest BCUT2D eigenvalue weighted by Gasteiger charge is -2.16. The van der Waals surface area contributed by atoms with E-state index >= 15 is 0 Å². The standard InChI is InChI=1S/C15H21N3O3/c1-16-14(19)8-11-21-13-6-4-12(5-7-13)17-15(20)18-9-2-3-10-18/h4-7H,2-3,8-11H2,1H3,(H,16,19)(H,17,20). The summed E-state index contributed by atoms with van der Waals surface area (Å²) < 4.78 is 5.45. The van der Waals surface area contributed by atoms with Crippen LogP contribution in [0.3, 0.4) is 0 Å². The zero-order valence-electron chi connectivity index (χ0n) is 12.2. The van der Waals surface area contributed by atoms with Gasteiger partial charge in [-0.15, -0.1) is 0 Å². The van der Waals surface area contributed by atoms with Gasteiger partial charge in [-0.1, -0.05) is 0 Å². The normalized spacial score (nSPS) is 13.9. The van der Waals surface area contributed by atoms with Gasteiger partial charge in [-0.2, -0.15) is 0 Å². The van der Waals surface area contributed by atoms with Gasteiger partial charge in [0.15, 0.2) is 0 Å². The SMILES string of the molecule is CNC(=O)CCOc1ccc(NC(=O)N2CCCC2)cc1.